The third-order valence-corrected chi connectivity index (χ3v) is 3.80. The first kappa shape index (κ1) is 12.9. The van der Waals surface area contributed by atoms with E-state index in [-0.39, 0.29) is 0 Å². The molecule has 3 nitrogen and oxygen atoms in total. The minimum atomic E-state index is -0.569. The van der Waals surface area contributed by atoms with Crippen LogP contribution in [0.15, 0.2) is 12.2 Å². The molecular formula is C11H22N2OS. The average molecular weight is 230 g/mol. The summed E-state index contributed by atoms with van der Waals surface area (Å²) in [5, 5.41) is 3.35. The Kier molecular flexibility index (Phi) is 6.13. The fourth-order valence-corrected chi connectivity index (χ4v) is 2.78. The first-order valence-corrected chi connectivity index (χ1v) is 7.16. The highest BCUT2D eigenvalue weighted by Gasteiger charge is 2.14. The minimum Gasteiger partial charge on any atom is -0.313 e. The van der Waals surface area contributed by atoms with Crippen molar-refractivity contribution in [2.75, 3.05) is 44.2 Å². The van der Waals surface area contributed by atoms with E-state index >= 15 is 0 Å². The summed E-state index contributed by atoms with van der Waals surface area (Å²) in [6.45, 7) is 11.1. The molecule has 0 aromatic rings. The van der Waals surface area contributed by atoms with Gasteiger partial charge in [0.1, 0.15) is 0 Å². The molecule has 1 rings (SSSR count). The highest BCUT2D eigenvalue weighted by molar-refractivity contribution is 7.85. The van der Waals surface area contributed by atoms with Gasteiger partial charge in [0.2, 0.25) is 0 Å². The van der Waals surface area contributed by atoms with Crippen molar-refractivity contribution in [3.8, 4) is 0 Å². The Hall–Kier alpha value is -0.190. The van der Waals surface area contributed by atoms with Gasteiger partial charge in [0.25, 0.3) is 0 Å². The molecule has 0 unspecified atom stereocenters. The molecule has 4 heteroatoms. The van der Waals surface area contributed by atoms with Crippen molar-refractivity contribution in [3.05, 3.63) is 12.2 Å². The van der Waals surface area contributed by atoms with E-state index in [2.05, 4.69) is 23.7 Å². The van der Waals surface area contributed by atoms with Crippen molar-refractivity contribution in [1.29, 1.82) is 0 Å². The Balaban J connectivity index is 2.12. The van der Waals surface area contributed by atoms with Gasteiger partial charge in [0.15, 0.2) is 0 Å². The molecule has 0 aromatic heterocycles. The SMILES string of the molecule is C=C(CNCCC)CN1CCS(=O)CC1. The van der Waals surface area contributed by atoms with Crippen molar-refractivity contribution in [3.63, 3.8) is 0 Å². The van der Waals surface area contributed by atoms with Crippen LogP contribution in [-0.4, -0.2) is 53.3 Å². The van der Waals surface area contributed by atoms with Crippen LogP contribution in [0.2, 0.25) is 0 Å². The molecule has 1 N–H and O–H groups in total. The van der Waals surface area contributed by atoms with Gasteiger partial charge in [-0.05, 0) is 18.5 Å². The van der Waals surface area contributed by atoms with Crippen molar-refractivity contribution >= 4 is 10.8 Å². The van der Waals surface area contributed by atoms with Crippen LogP contribution in [-0.2, 0) is 10.8 Å². The second-order valence-corrected chi connectivity index (χ2v) is 5.75. The normalized spacial score (nSPS) is 19.3. The third kappa shape index (κ3) is 5.44. The van der Waals surface area contributed by atoms with Crippen LogP contribution >= 0.6 is 0 Å². The lowest BCUT2D eigenvalue weighted by Gasteiger charge is -2.26. The monoisotopic (exact) mass is 230 g/mol. The Labute approximate surface area is 95.4 Å². The summed E-state index contributed by atoms with van der Waals surface area (Å²) >= 11 is 0. The van der Waals surface area contributed by atoms with Gasteiger partial charge in [0, 0.05) is 48.5 Å². The molecule has 0 bridgehead atoms. The zero-order chi connectivity index (χ0) is 11.1. The van der Waals surface area contributed by atoms with E-state index in [1.807, 2.05) is 0 Å². The predicted octanol–water partition coefficient (Wildman–Crippen LogP) is 0.606. The van der Waals surface area contributed by atoms with Gasteiger partial charge in [0.05, 0.1) is 0 Å². The van der Waals surface area contributed by atoms with E-state index < -0.39 is 10.8 Å². The summed E-state index contributed by atoms with van der Waals surface area (Å²) in [5.41, 5.74) is 1.23. The fourth-order valence-electron chi connectivity index (χ4n) is 1.65. The van der Waals surface area contributed by atoms with E-state index in [1.165, 1.54) is 5.57 Å². The maximum Gasteiger partial charge on any atom is 0.0363 e. The molecule has 0 atom stereocenters. The van der Waals surface area contributed by atoms with E-state index in [9.17, 15) is 4.21 Å². The van der Waals surface area contributed by atoms with Crippen LogP contribution in [0.25, 0.3) is 0 Å². The molecular weight excluding hydrogens is 208 g/mol. The Bertz CT molecular complexity index is 221. The summed E-state index contributed by atoms with van der Waals surface area (Å²) in [5.74, 6) is 1.66. The van der Waals surface area contributed by atoms with Gasteiger partial charge in [-0.15, -0.1) is 0 Å². The molecule has 0 radical (unpaired) electrons. The lowest BCUT2D eigenvalue weighted by atomic mass is 10.2. The quantitative estimate of drug-likeness (QED) is 0.536. The molecule has 0 aromatic carbocycles. The first-order valence-electron chi connectivity index (χ1n) is 5.67. The fraction of sp³-hybridized carbons (Fsp3) is 0.818. The summed E-state index contributed by atoms with van der Waals surface area (Å²) in [4.78, 5) is 2.34. The van der Waals surface area contributed by atoms with Crippen molar-refractivity contribution in [2.24, 2.45) is 0 Å². The van der Waals surface area contributed by atoms with Gasteiger partial charge >= 0.3 is 0 Å². The zero-order valence-electron chi connectivity index (χ0n) is 9.63. The van der Waals surface area contributed by atoms with Crippen molar-refractivity contribution in [1.82, 2.24) is 10.2 Å². The maximum absolute atomic E-state index is 11.2. The van der Waals surface area contributed by atoms with Gasteiger partial charge in [-0.2, -0.15) is 0 Å². The van der Waals surface area contributed by atoms with Gasteiger partial charge < -0.3 is 5.32 Å². The molecule has 0 spiro atoms. The van der Waals surface area contributed by atoms with Crippen LogP contribution in [0.5, 0.6) is 0 Å². The Morgan fingerprint density at radius 3 is 2.73 bits per heavy atom. The zero-order valence-corrected chi connectivity index (χ0v) is 10.4. The largest absolute Gasteiger partial charge is 0.313 e. The molecule has 88 valence electrons. The number of nitrogens with zero attached hydrogens (tertiary/aromatic N) is 1. The van der Waals surface area contributed by atoms with Gasteiger partial charge in [-0.25, -0.2) is 0 Å². The van der Waals surface area contributed by atoms with Crippen LogP contribution in [0.1, 0.15) is 13.3 Å². The molecule has 1 aliphatic heterocycles. The molecule has 1 heterocycles. The van der Waals surface area contributed by atoms with Crippen molar-refractivity contribution < 1.29 is 4.21 Å². The third-order valence-electron chi connectivity index (χ3n) is 2.52. The smallest absolute Gasteiger partial charge is 0.0363 e. The topological polar surface area (TPSA) is 32.3 Å². The standard InChI is InChI=1S/C11H22N2OS/c1-3-4-12-9-11(2)10-13-5-7-15(14)8-6-13/h12H,2-10H2,1H3. The van der Waals surface area contributed by atoms with Gasteiger partial charge in [-0.1, -0.05) is 13.5 Å². The van der Waals surface area contributed by atoms with Crippen LogP contribution in [0.3, 0.4) is 0 Å². The van der Waals surface area contributed by atoms with E-state index in [1.54, 1.807) is 0 Å². The summed E-state index contributed by atoms with van der Waals surface area (Å²) in [6, 6.07) is 0. The van der Waals surface area contributed by atoms with Crippen LogP contribution in [0, 0.1) is 0 Å². The minimum absolute atomic E-state index is 0.569. The molecule has 1 saturated heterocycles. The number of hydrogen-bond acceptors (Lipinski definition) is 3. The van der Waals surface area contributed by atoms with Crippen LogP contribution < -0.4 is 5.32 Å². The molecule has 0 aliphatic carbocycles. The highest BCUT2D eigenvalue weighted by atomic mass is 32.2. The first-order chi connectivity index (χ1) is 7.22. The van der Waals surface area contributed by atoms with Gasteiger partial charge in [-0.3, -0.25) is 9.11 Å². The number of rotatable bonds is 6. The lowest BCUT2D eigenvalue weighted by molar-refractivity contribution is 0.322. The molecule has 15 heavy (non-hydrogen) atoms. The van der Waals surface area contributed by atoms with E-state index in [4.69, 9.17) is 0 Å². The molecule has 0 amide bonds. The predicted molar refractivity (Wildman–Crippen MR) is 66.6 cm³/mol. The van der Waals surface area contributed by atoms with Crippen LogP contribution in [0.4, 0.5) is 0 Å². The summed E-state index contributed by atoms with van der Waals surface area (Å²) in [7, 11) is -0.569. The lowest BCUT2D eigenvalue weighted by Crippen LogP contribution is -2.39. The summed E-state index contributed by atoms with van der Waals surface area (Å²) < 4.78 is 11.2. The molecule has 0 saturated carbocycles. The number of nitrogens with one attached hydrogen (secondary N) is 1. The van der Waals surface area contributed by atoms with E-state index in [0.717, 1.165) is 50.7 Å². The van der Waals surface area contributed by atoms with E-state index in [0.29, 0.717) is 0 Å². The molecule has 1 aliphatic rings. The Morgan fingerprint density at radius 1 is 1.47 bits per heavy atom. The Morgan fingerprint density at radius 2 is 2.13 bits per heavy atom. The second kappa shape index (κ2) is 7.14. The molecule has 1 fully saturated rings. The maximum atomic E-state index is 11.2. The second-order valence-electron chi connectivity index (χ2n) is 4.05. The van der Waals surface area contributed by atoms with Crippen molar-refractivity contribution in [2.45, 2.75) is 13.3 Å². The highest BCUT2D eigenvalue weighted by Crippen LogP contribution is 2.02. The average Bonchev–Trinajstić information content (AvgIpc) is 2.22. The summed E-state index contributed by atoms with van der Waals surface area (Å²) in [6.07, 6.45) is 1.16. The number of hydrogen-bond donors (Lipinski definition) is 1.